The van der Waals surface area contributed by atoms with Gasteiger partial charge in [0.2, 0.25) is 0 Å². The van der Waals surface area contributed by atoms with E-state index in [2.05, 4.69) is 0 Å². The summed E-state index contributed by atoms with van der Waals surface area (Å²) in [7, 11) is 0. The molecule has 5 saturated heterocycles. The fourth-order valence-electron chi connectivity index (χ4n) is 11.4. The van der Waals surface area contributed by atoms with Crippen molar-refractivity contribution in [3.8, 4) is 0 Å². The second-order valence-corrected chi connectivity index (χ2v) is 29.5. The van der Waals surface area contributed by atoms with Crippen LogP contribution in [-0.4, -0.2) is 200 Å². The highest BCUT2D eigenvalue weighted by Crippen LogP contribution is 2.42. The van der Waals surface area contributed by atoms with Gasteiger partial charge < -0.3 is 49.2 Å². The number of thioether (sulfide) groups is 1. The maximum absolute atomic E-state index is 12.4. The Bertz CT molecular complexity index is 2830. The molecule has 3 unspecified atom stereocenters. The number of hydrogen-bond acceptors (Lipinski definition) is 16. The van der Waals surface area contributed by atoms with E-state index in [1.54, 1.807) is 104 Å². The fourth-order valence-corrected chi connectivity index (χ4v) is 12.5. The number of carboxylic acids is 5. The van der Waals surface area contributed by atoms with Crippen molar-refractivity contribution in [1.29, 1.82) is 0 Å². The SMILES string of the molecule is CC(C)(C)OC(=O)N1CC(c2ccccc2)C[C@H]1C(=O)O.CC(C)(C)OC(=O)N1CC2CCCCC2[C@H]1C(=O)O.CC(C)(C)OC(=O)N1CCCC[C@H]1C(=O)O.CC(C)(C)OC(=O)N1CSC[C@H]1C(=O)O.CC(C)(C)OC(=O)N1[C@@H](c2ccccc2)CC[C@H]1C(=O)O. The smallest absolute Gasteiger partial charge is 0.411 e. The van der Waals surface area contributed by atoms with Crippen LogP contribution in [0.15, 0.2) is 60.7 Å². The summed E-state index contributed by atoms with van der Waals surface area (Å²) in [5.41, 5.74) is -1.06. The van der Waals surface area contributed by atoms with Gasteiger partial charge in [0.05, 0.1) is 11.9 Å². The Hall–Kier alpha value is -7.51. The number of carboxylic acid groups (broad SMARTS) is 5. The molecule has 0 spiro atoms. The fraction of sp³-hybridized carbons (Fsp3) is 0.667. The Balaban J connectivity index is 0.000000247. The maximum atomic E-state index is 12.4. The van der Waals surface area contributed by atoms with E-state index in [1.165, 1.54) is 36.3 Å². The van der Waals surface area contributed by atoms with Crippen molar-refractivity contribution in [3.05, 3.63) is 71.8 Å². The zero-order valence-electron chi connectivity index (χ0n) is 56.1. The van der Waals surface area contributed by atoms with Gasteiger partial charge >= 0.3 is 60.3 Å². The number of amides is 5. The molecule has 26 heteroatoms. The quantitative estimate of drug-likeness (QED) is 0.161. The third kappa shape index (κ3) is 24.2. The third-order valence-corrected chi connectivity index (χ3v) is 16.2. The Morgan fingerprint density at radius 1 is 0.413 bits per heavy atom. The van der Waals surface area contributed by atoms with E-state index in [1.807, 2.05) is 60.7 Å². The van der Waals surface area contributed by atoms with Gasteiger partial charge in [-0.25, -0.2) is 47.9 Å². The Morgan fingerprint density at radius 2 is 0.837 bits per heavy atom. The second-order valence-electron chi connectivity index (χ2n) is 28.5. The van der Waals surface area contributed by atoms with Crippen molar-refractivity contribution in [1.82, 2.24) is 24.5 Å². The van der Waals surface area contributed by atoms with Crippen molar-refractivity contribution < 1.29 is 97.2 Å². The van der Waals surface area contributed by atoms with Crippen LogP contribution < -0.4 is 0 Å². The lowest BCUT2D eigenvalue weighted by atomic mass is 9.78. The standard InChI is InChI=1S/2C16H21NO4.C14H23NO4.C11H19NO4.C9H15NO4S/c1-16(2,3)21-15(20)17-10-12(9-13(17)14(18)19)11-7-5-4-6-8-11;1-16(2,3)21-15(20)17-12(9-10-13(17)14(18)19)11-7-5-4-6-8-11;1-14(2,3)19-13(18)15-8-9-6-4-5-7-10(9)11(15)12(16)17;1-11(2,3)16-10(15)12-7-5-4-6-8(12)9(13)14;1-9(2,3)14-8(13)10-5-15-4-6(10)7(11)12/h2*4-8,12-13H,9-10H2,1-3H3,(H,18,19);9-11H,4-8H2,1-3H3,(H,16,17);8H,4-7H2,1-3H3,(H,13,14);6H,4-5H2,1-3H3,(H,11,12)/t12?,13-;12-,13+;9?,10?,11-;8-;6-/m01000/s1. The molecule has 6 fully saturated rings. The molecule has 5 aliphatic heterocycles. The molecule has 25 nitrogen and oxygen atoms in total. The molecule has 1 aliphatic carbocycles. The average molecular weight is 1310 g/mol. The van der Waals surface area contributed by atoms with Crippen LogP contribution in [0.2, 0.25) is 0 Å². The topological polar surface area (TPSA) is 334 Å². The van der Waals surface area contributed by atoms with Crippen LogP contribution in [0.1, 0.15) is 191 Å². The Kier molecular flexibility index (Phi) is 27.5. The number of benzene rings is 2. The number of piperidine rings is 1. The van der Waals surface area contributed by atoms with Gasteiger partial charge in [-0.1, -0.05) is 73.5 Å². The van der Waals surface area contributed by atoms with Gasteiger partial charge in [0.15, 0.2) is 0 Å². The first kappa shape index (κ1) is 76.9. The van der Waals surface area contributed by atoms with E-state index in [0.29, 0.717) is 62.9 Å². The van der Waals surface area contributed by atoms with Crippen LogP contribution in [-0.2, 0) is 47.7 Å². The highest BCUT2D eigenvalue weighted by molar-refractivity contribution is 7.99. The first-order valence-electron chi connectivity index (χ1n) is 31.3. The predicted octanol–water partition coefficient (Wildman–Crippen LogP) is 11.8. The number of rotatable bonds is 7. The van der Waals surface area contributed by atoms with Gasteiger partial charge in [0.1, 0.15) is 58.2 Å². The zero-order valence-corrected chi connectivity index (χ0v) is 56.9. The highest BCUT2D eigenvalue weighted by atomic mass is 32.2. The van der Waals surface area contributed by atoms with E-state index in [9.17, 15) is 63.3 Å². The number of aliphatic carboxylic acids is 5. The minimum Gasteiger partial charge on any atom is -0.480 e. The predicted molar refractivity (Wildman–Crippen MR) is 341 cm³/mol. The van der Waals surface area contributed by atoms with Crippen LogP contribution in [0.4, 0.5) is 24.0 Å². The summed E-state index contributed by atoms with van der Waals surface area (Å²) in [6.07, 6.45) is 5.08. The molecule has 5 N–H and O–H groups in total. The van der Waals surface area contributed by atoms with Gasteiger partial charge in [-0.15, -0.1) is 11.8 Å². The first-order chi connectivity index (χ1) is 42.5. The van der Waals surface area contributed by atoms with Gasteiger partial charge in [-0.3, -0.25) is 24.5 Å². The van der Waals surface area contributed by atoms with Crippen molar-refractivity contribution in [3.63, 3.8) is 0 Å². The maximum Gasteiger partial charge on any atom is 0.411 e. The molecule has 2 aromatic rings. The molecule has 5 heterocycles. The minimum atomic E-state index is -0.987. The summed E-state index contributed by atoms with van der Waals surface area (Å²) in [4.78, 5) is 123. The number of likely N-dealkylation sites (tertiary alicyclic amines) is 4. The van der Waals surface area contributed by atoms with Crippen molar-refractivity contribution >= 4 is 72.1 Å². The van der Waals surface area contributed by atoms with Crippen LogP contribution in [0, 0.1) is 11.8 Å². The summed E-state index contributed by atoms with van der Waals surface area (Å²) in [5.74, 6) is -3.56. The molecule has 92 heavy (non-hydrogen) atoms. The molecular formula is C66H99N5O20S. The summed E-state index contributed by atoms with van der Waals surface area (Å²) >= 11 is 1.42. The lowest BCUT2D eigenvalue weighted by Gasteiger charge is -2.34. The van der Waals surface area contributed by atoms with Crippen LogP contribution >= 0.6 is 11.8 Å². The molecule has 0 bridgehead atoms. The molecule has 0 radical (unpaired) electrons. The van der Waals surface area contributed by atoms with Crippen molar-refractivity contribution in [2.75, 3.05) is 31.3 Å². The van der Waals surface area contributed by atoms with E-state index in [-0.39, 0.29) is 17.9 Å². The number of nitrogens with zero attached hydrogens (tertiary/aromatic N) is 5. The average Bonchev–Trinajstić information content (AvgIpc) is 1.65. The highest BCUT2D eigenvalue weighted by Gasteiger charge is 2.50. The molecule has 8 rings (SSSR count). The van der Waals surface area contributed by atoms with E-state index < -0.39 is 119 Å². The van der Waals surface area contributed by atoms with Crippen LogP contribution in [0.3, 0.4) is 0 Å². The molecule has 5 amide bonds. The van der Waals surface area contributed by atoms with Crippen LogP contribution in [0.25, 0.3) is 0 Å². The van der Waals surface area contributed by atoms with Gasteiger partial charge in [0, 0.05) is 31.3 Å². The van der Waals surface area contributed by atoms with E-state index >= 15 is 0 Å². The third-order valence-electron chi connectivity index (χ3n) is 15.2. The first-order valence-corrected chi connectivity index (χ1v) is 32.5. The Morgan fingerprint density at radius 3 is 1.30 bits per heavy atom. The number of ether oxygens (including phenoxy) is 5. The summed E-state index contributed by atoms with van der Waals surface area (Å²) in [6.45, 7) is 27.9. The number of carbonyl (C=O) groups is 10. The summed E-state index contributed by atoms with van der Waals surface area (Å²) < 4.78 is 26.3. The molecule has 6 aliphatic rings. The second kappa shape index (κ2) is 32.9. The largest absolute Gasteiger partial charge is 0.480 e. The molecule has 2 aromatic carbocycles. The summed E-state index contributed by atoms with van der Waals surface area (Å²) in [6, 6.07) is 15.0. The Labute approximate surface area is 544 Å². The molecule has 0 aromatic heterocycles. The van der Waals surface area contributed by atoms with Gasteiger partial charge in [-0.2, -0.15) is 0 Å². The molecule has 1 saturated carbocycles. The normalized spacial score (nSPS) is 23.8. The van der Waals surface area contributed by atoms with Crippen LogP contribution in [0.5, 0.6) is 0 Å². The number of hydrogen-bond donors (Lipinski definition) is 5. The molecular weight excluding hydrogens is 1210 g/mol. The summed E-state index contributed by atoms with van der Waals surface area (Å²) in [5, 5.41) is 46.0. The van der Waals surface area contributed by atoms with Gasteiger partial charge in [0.25, 0.3) is 0 Å². The van der Waals surface area contributed by atoms with Crippen molar-refractivity contribution in [2.45, 2.75) is 238 Å². The van der Waals surface area contributed by atoms with Crippen molar-refractivity contribution in [2.24, 2.45) is 11.8 Å². The lowest BCUT2D eigenvalue weighted by molar-refractivity contribution is -0.144. The number of carbonyl (C=O) groups excluding carboxylic acids is 5. The minimum absolute atomic E-state index is 0.0276. The van der Waals surface area contributed by atoms with Gasteiger partial charge in [-0.05, 0) is 178 Å². The van der Waals surface area contributed by atoms with E-state index in [4.69, 9.17) is 33.9 Å². The number of fused-ring (bicyclic) bond motifs is 1. The lowest BCUT2D eigenvalue weighted by Crippen LogP contribution is -2.49. The molecule has 514 valence electrons. The zero-order chi connectivity index (χ0) is 69.4. The van der Waals surface area contributed by atoms with E-state index in [0.717, 1.165) is 49.7 Å². The molecule has 9 atom stereocenters. The monoisotopic (exact) mass is 1310 g/mol.